The van der Waals surface area contributed by atoms with Crippen LogP contribution in [0.25, 0.3) is 10.8 Å². The number of nitro groups is 1. The van der Waals surface area contributed by atoms with Crippen LogP contribution in [0.5, 0.6) is 0 Å². The summed E-state index contributed by atoms with van der Waals surface area (Å²) < 4.78 is 13.5. The predicted molar refractivity (Wildman–Crippen MR) is 85.2 cm³/mol. The van der Waals surface area contributed by atoms with Crippen molar-refractivity contribution in [2.45, 2.75) is 6.42 Å². The molecule has 0 amide bonds. The molecule has 0 aliphatic carbocycles. The van der Waals surface area contributed by atoms with Gasteiger partial charge in [0.2, 0.25) is 0 Å². The Morgan fingerprint density at radius 2 is 2.08 bits per heavy atom. The van der Waals surface area contributed by atoms with Crippen molar-refractivity contribution >= 4 is 22.4 Å². The minimum absolute atomic E-state index is 0.0152. The lowest BCUT2D eigenvalue weighted by Gasteiger charge is -2.07. The number of carboxylic acids is 1. The molecule has 2 N–H and O–H groups in total. The molecule has 1 heterocycles. The van der Waals surface area contributed by atoms with Crippen molar-refractivity contribution in [3.05, 3.63) is 79.5 Å². The molecule has 0 aliphatic heterocycles. The summed E-state index contributed by atoms with van der Waals surface area (Å²) in [6, 6.07) is 7.56. The first-order valence-electron chi connectivity index (χ1n) is 7.05. The molecular weight excluding hydrogens is 333 g/mol. The maximum Gasteiger partial charge on any atom is 0.338 e. The molecule has 0 radical (unpaired) electrons. The van der Waals surface area contributed by atoms with Gasteiger partial charge in [-0.15, -0.1) is 0 Å². The Labute approximate surface area is 138 Å². The number of hydrogen-bond donors (Lipinski definition) is 2. The van der Waals surface area contributed by atoms with Gasteiger partial charge in [0.25, 0.3) is 11.2 Å². The highest BCUT2D eigenvalue weighted by molar-refractivity contribution is 5.92. The average molecular weight is 343 g/mol. The largest absolute Gasteiger partial charge is 0.478 e. The van der Waals surface area contributed by atoms with E-state index in [0.29, 0.717) is 5.56 Å². The van der Waals surface area contributed by atoms with E-state index in [1.54, 1.807) is 0 Å². The topological polar surface area (TPSA) is 126 Å². The number of benzene rings is 2. The molecule has 25 heavy (non-hydrogen) atoms. The van der Waals surface area contributed by atoms with E-state index in [1.807, 2.05) is 0 Å². The number of halogens is 1. The molecule has 0 saturated heterocycles. The zero-order valence-corrected chi connectivity index (χ0v) is 12.5. The predicted octanol–water partition coefficient (Wildman–Crippen LogP) is 2.26. The normalized spacial score (nSPS) is 10.8. The Morgan fingerprint density at radius 3 is 2.76 bits per heavy atom. The number of nitro benzene ring substituents is 1. The number of aromatic nitrogens is 2. The Hall–Kier alpha value is -3.62. The molecule has 9 heteroatoms. The van der Waals surface area contributed by atoms with E-state index >= 15 is 0 Å². The molecule has 8 nitrogen and oxygen atoms in total. The summed E-state index contributed by atoms with van der Waals surface area (Å²) in [6.07, 6.45) is -0.0152. The van der Waals surface area contributed by atoms with Gasteiger partial charge in [-0.3, -0.25) is 14.9 Å². The number of aromatic carboxylic acids is 1. The van der Waals surface area contributed by atoms with Crippen LogP contribution in [0.4, 0.5) is 10.1 Å². The van der Waals surface area contributed by atoms with Gasteiger partial charge in [-0.2, -0.15) is 5.10 Å². The number of non-ortho nitro benzene ring substituents is 1. The number of fused-ring (bicyclic) bond motifs is 1. The van der Waals surface area contributed by atoms with Gasteiger partial charge in [0.05, 0.1) is 27.0 Å². The van der Waals surface area contributed by atoms with Gasteiger partial charge in [-0.25, -0.2) is 14.3 Å². The molecule has 0 saturated carbocycles. The van der Waals surface area contributed by atoms with Crippen LogP contribution in [0.3, 0.4) is 0 Å². The van der Waals surface area contributed by atoms with Gasteiger partial charge in [0.15, 0.2) is 0 Å². The van der Waals surface area contributed by atoms with Crippen LogP contribution < -0.4 is 5.56 Å². The summed E-state index contributed by atoms with van der Waals surface area (Å²) >= 11 is 0. The average Bonchev–Trinajstić information content (AvgIpc) is 2.58. The first-order valence-corrected chi connectivity index (χ1v) is 7.05. The molecule has 0 bridgehead atoms. The summed E-state index contributed by atoms with van der Waals surface area (Å²) in [7, 11) is 0. The van der Waals surface area contributed by atoms with Crippen molar-refractivity contribution in [2.24, 2.45) is 0 Å². The second kappa shape index (κ2) is 6.11. The zero-order valence-electron chi connectivity index (χ0n) is 12.5. The number of nitrogens with zero attached hydrogens (tertiary/aromatic N) is 2. The zero-order chi connectivity index (χ0) is 18.1. The minimum Gasteiger partial charge on any atom is -0.478 e. The molecule has 2 aromatic carbocycles. The molecule has 0 aliphatic rings. The van der Waals surface area contributed by atoms with Crippen LogP contribution in [-0.4, -0.2) is 26.2 Å². The maximum atomic E-state index is 13.5. The molecule has 0 atom stereocenters. The Balaban J connectivity index is 2.19. The van der Waals surface area contributed by atoms with Crippen molar-refractivity contribution in [1.82, 2.24) is 10.2 Å². The summed E-state index contributed by atoms with van der Waals surface area (Å²) in [6.45, 7) is 0. The minimum atomic E-state index is -1.43. The summed E-state index contributed by atoms with van der Waals surface area (Å²) in [4.78, 5) is 33.5. The molecule has 0 spiro atoms. The van der Waals surface area contributed by atoms with Crippen LogP contribution in [0.2, 0.25) is 0 Å². The highest BCUT2D eigenvalue weighted by Crippen LogP contribution is 2.27. The number of hydrogen-bond acceptors (Lipinski definition) is 5. The van der Waals surface area contributed by atoms with Crippen molar-refractivity contribution in [3.63, 3.8) is 0 Å². The molecular formula is C16H10FN3O5. The van der Waals surface area contributed by atoms with Crippen molar-refractivity contribution in [1.29, 1.82) is 0 Å². The van der Waals surface area contributed by atoms with E-state index in [9.17, 15) is 24.1 Å². The number of H-pyrrole nitrogens is 1. The second-order valence-electron chi connectivity index (χ2n) is 5.25. The summed E-state index contributed by atoms with van der Waals surface area (Å²) in [5.74, 6) is -2.31. The lowest BCUT2D eigenvalue weighted by Crippen LogP contribution is -2.12. The van der Waals surface area contributed by atoms with E-state index in [1.165, 1.54) is 24.3 Å². The molecule has 0 fully saturated rings. The van der Waals surface area contributed by atoms with Gasteiger partial charge in [-0.1, -0.05) is 12.1 Å². The van der Waals surface area contributed by atoms with E-state index < -0.39 is 27.8 Å². The van der Waals surface area contributed by atoms with Crippen LogP contribution in [0, 0.1) is 15.9 Å². The fourth-order valence-corrected chi connectivity index (χ4v) is 2.59. The van der Waals surface area contributed by atoms with E-state index in [4.69, 9.17) is 5.11 Å². The first kappa shape index (κ1) is 16.2. The number of nitrogens with one attached hydrogen (secondary N) is 1. The molecule has 126 valence electrons. The smallest absolute Gasteiger partial charge is 0.338 e. The lowest BCUT2D eigenvalue weighted by atomic mass is 10.0. The molecule has 3 rings (SSSR count). The Kier molecular flexibility index (Phi) is 3.97. The Bertz CT molecular complexity index is 1080. The quantitative estimate of drug-likeness (QED) is 0.553. The highest BCUT2D eigenvalue weighted by atomic mass is 19.1. The highest BCUT2D eigenvalue weighted by Gasteiger charge is 2.19. The van der Waals surface area contributed by atoms with Crippen molar-refractivity contribution in [2.75, 3.05) is 0 Å². The van der Waals surface area contributed by atoms with Crippen LogP contribution in [-0.2, 0) is 6.42 Å². The van der Waals surface area contributed by atoms with Crippen molar-refractivity contribution < 1.29 is 19.2 Å². The lowest BCUT2D eigenvalue weighted by molar-refractivity contribution is -0.383. The molecule has 1 aromatic heterocycles. The monoisotopic (exact) mass is 343 g/mol. The van der Waals surface area contributed by atoms with Gasteiger partial charge in [-0.05, 0) is 23.8 Å². The fourth-order valence-electron chi connectivity index (χ4n) is 2.59. The Morgan fingerprint density at radius 1 is 1.32 bits per heavy atom. The van der Waals surface area contributed by atoms with E-state index in [2.05, 4.69) is 10.2 Å². The third-order valence-electron chi connectivity index (χ3n) is 3.70. The van der Waals surface area contributed by atoms with Gasteiger partial charge in [0, 0.05) is 12.5 Å². The number of aromatic amines is 1. The van der Waals surface area contributed by atoms with Crippen LogP contribution in [0.15, 0.2) is 41.2 Å². The SMILES string of the molecule is O=C(O)c1cc(Cc2n[nH]c(=O)c3cccc([N+](=O)[O-])c23)ccc1F. The maximum absolute atomic E-state index is 13.5. The van der Waals surface area contributed by atoms with Gasteiger partial charge in [0.1, 0.15) is 5.82 Å². The third kappa shape index (κ3) is 2.94. The van der Waals surface area contributed by atoms with Crippen molar-refractivity contribution in [3.8, 4) is 0 Å². The van der Waals surface area contributed by atoms with E-state index in [-0.39, 0.29) is 28.6 Å². The second-order valence-corrected chi connectivity index (χ2v) is 5.25. The molecule has 3 aromatic rings. The number of carbonyl (C=O) groups is 1. The van der Waals surface area contributed by atoms with Crippen LogP contribution >= 0.6 is 0 Å². The summed E-state index contributed by atoms with van der Waals surface area (Å²) in [5.41, 5.74) is -0.803. The number of rotatable bonds is 4. The summed E-state index contributed by atoms with van der Waals surface area (Å²) in [5, 5.41) is 26.5. The van der Waals surface area contributed by atoms with E-state index in [0.717, 1.165) is 12.1 Å². The third-order valence-corrected chi connectivity index (χ3v) is 3.70. The fraction of sp³-hybridized carbons (Fsp3) is 0.0625. The van der Waals surface area contributed by atoms with Crippen LogP contribution in [0.1, 0.15) is 21.6 Å². The first-order chi connectivity index (χ1) is 11.9. The van der Waals surface area contributed by atoms with Gasteiger partial charge < -0.3 is 5.11 Å². The number of carboxylic acid groups (broad SMARTS) is 1. The standard InChI is InChI=1S/C16H10FN3O5/c17-11-5-4-8(6-10(11)16(22)23)7-12-14-9(15(21)19-18-12)2-1-3-13(14)20(24)25/h1-6H,7H2,(H,19,21)(H,22,23). The van der Waals surface area contributed by atoms with Gasteiger partial charge >= 0.3 is 5.97 Å². The molecule has 0 unspecified atom stereocenters.